The molecule has 0 aromatic heterocycles. The van der Waals surface area contributed by atoms with Crippen LogP contribution in [0.5, 0.6) is 0 Å². The fourth-order valence-electron chi connectivity index (χ4n) is 3.90. The van der Waals surface area contributed by atoms with Crippen LogP contribution in [-0.4, -0.2) is 38.9 Å². The van der Waals surface area contributed by atoms with Gasteiger partial charge in [0.25, 0.3) is 0 Å². The first-order valence-electron chi connectivity index (χ1n) is 10.4. The second kappa shape index (κ2) is 12.0. The lowest BCUT2D eigenvalue weighted by Crippen LogP contribution is -2.46. The number of nitrogens with one attached hydrogen (secondary N) is 2. The van der Waals surface area contributed by atoms with Gasteiger partial charge < -0.3 is 20.1 Å². The van der Waals surface area contributed by atoms with Gasteiger partial charge in [0.1, 0.15) is 0 Å². The number of aliphatic imine (C=N–C) groups is 1. The Kier molecular flexibility index (Phi) is 10.0. The lowest BCUT2D eigenvalue weighted by atomic mass is 9.67. The third-order valence-corrected chi connectivity index (χ3v) is 6.12. The van der Waals surface area contributed by atoms with E-state index in [1.54, 1.807) is 0 Å². The van der Waals surface area contributed by atoms with Crippen LogP contribution in [0, 0.1) is 5.41 Å². The molecule has 5 nitrogen and oxygen atoms in total. The Balaban J connectivity index is 0.00000280. The maximum atomic E-state index is 6.04. The summed E-state index contributed by atoms with van der Waals surface area (Å²) in [6.07, 6.45) is 7.62. The topological polar surface area (TPSA) is 54.9 Å². The van der Waals surface area contributed by atoms with Crippen LogP contribution in [0.25, 0.3) is 0 Å². The van der Waals surface area contributed by atoms with Crippen molar-refractivity contribution in [1.82, 2.24) is 10.6 Å². The number of rotatable bonds is 8. The quantitative estimate of drug-likeness (QED) is 0.318. The van der Waals surface area contributed by atoms with Crippen LogP contribution in [-0.2, 0) is 22.6 Å². The number of benzene rings is 1. The minimum absolute atomic E-state index is 0. The molecule has 0 atom stereocenters. The van der Waals surface area contributed by atoms with Gasteiger partial charge in [-0.3, -0.25) is 4.99 Å². The van der Waals surface area contributed by atoms with Crippen LogP contribution in [0.4, 0.5) is 0 Å². The molecule has 1 heterocycles. The second-order valence-electron chi connectivity index (χ2n) is 7.93. The molecule has 2 N–H and O–H groups in total. The Morgan fingerprint density at radius 1 is 1.21 bits per heavy atom. The van der Waals surface area contributed by atoms with Gasteiger partial charge in [0.05, 0.1) is 12.7 Å². The van der Waals surface area contributed by atoms with Crippen molar-refractivity contribution < 1.29 is 9.47 Å². The molecule has 0 spiro atoms. The maximum absolute atomic E-state index is 6.04. The standard InChI is InChI=1S/C22H35N3O2.HI/c1-3-22(10-5-11-22)17-25-21(23-2)24-15-18-6-4-7-19(14-18)16-27-20-8-12-26-13-9-20;/h4,6-7,14,20H,3,5,8-13,15-17H2,1-2H3,(H2,23,24,25);1H. The normalized spacial score (nSPS) is 19.4. The largest absolute Gasteiger partial charge is 0.381 e. The molecule has 0 unspecified atom stereocenters. The molecule has 1 aliphatic heterocycles. The van der Waals surface area contributed by atoms with Gasteiger partial charge in [0.2, 0.25) is 0 Å². The first-order valence-corrected chi connectivity index (χ1v) is 10.4. The summed E-state index contributed by atoms with van der Waals surface area (Å²) in [7, 11) is 1.84. The molecule has 1 aliphatic carbocycles. The third kappa shape index (κ3) is 6.88. The molecule has 2 fully saturated rings. The van der Waals surface area contributed by atoms with E-state index in [0.717, 1.165) is 45.1 Å². The van der Waals surface area contributed by atoms with Crippen molar-refractivity contribution in [2.75, 3.05) is 26.8 Å². The van der Waals surface area contributed by atoms with Crippen molar-refractivity contribution in [3.8, 4) is 0 Å². The van der Waals surface area contributed by atoms with E-state index in [9.17, 15) is 0 Å². The van der Waals surface area contributed by atoms with Gasteiger partial charge >= 0.3 is 0 Å². The van der Waals surface area contributed by atoms with Crippen LogP contribution in [0.3, 0.4) is 0 Å². The summed E-state index contributed by atoms with van der Waals surface area (Å²) in [5.41, 5.74) is 2.96. The smallest absolute Gasteiger partial charge is 0.191 e. The molecule has 1 saturated heterocycles. The van der Waals surface area contributed by atoms with Gasteiger partial charge in [-0.25, -0.2) is 0 Å². The van der Waals surface area contributed by atoms with Crippen molar-refractivity contribution in [2.45, 2.75) is 64.7 Å². The fraction of sp³-hybridized carbons (Fsp3) is 0.682. The number of halogens is 1. The van der Waals surface area contributed by atoms with Gasteiger partial charge in [-0.1, -0.05) is 37.6 Å². The Morgan fingerprint density at radius 3 is 2.61 bits per heavy atom. The predicted octanol–water partition coefficient (Wildman–Crippen LogP) is 4.25. The van der Waals surface area contributed by atoms with Gasteiger partial charge in [0, 0.05) is 33.4 Å². The fourth-order valence-corrected chi connectivity index (χ4v) is 3.90. The van der Waals surface area contributed by atoms with Crippen LogP contribution in [0.2, 0.25) is 0 Å². The van der Waals surface area contributed by atoms with E-state index in [4.69, 9.17) is 9.47 Å². The number of guanidine groups is 1. The van der Waals surface area contributed by atoms with E-state index in [1.807, 2.05) is 7.05 Å². The summed E-state index contributed by atoms with van der Waals surface area (Å²) >= 11 is 0. The molecular formula is C22H36IN3O2. The third-order valence-electron chi connectivity index (χ3n) is 6.12. The van der Waals surface area contributed by atoms with Crippen molar-refractivity contribution in [3.05, 3.63) is 35.4 Å². The van der Waals surface area contributed by atoms with E-state index in [0.29, 0.717) is 18.1 Å². The van der Waals surface area contributed by atoms with E-state index in [-0.39, 0.29) is 24.0 Å². The molecule has 0 bridgehead atoms. The number of nitrogens with zero attached hydrogens (tertiary/aromatic N) is 1. The molecule has 28 heavy (non-hydrogen) atoms. The molecular weight excluding hydrogens is 465 g/mol. The molecule has 6 heteroatoms. The van der Waals surface area contributed by atoms with Crippen molar-refractivity contribution in [3.63, 3.8) is 0 Å². The van der Waals surface area contributed by atoms with Gasteiger partial charge in [-0.2, -0.15) is 0 Å². The number of ether oxygens (including phenoxy) is 2. The minimum Gasteiger partial charge on any atom is -0.381 e. The average Bonchev–Trinajstić information content (AvgIpc) is 2.69. The van der Waals surface area contributed by atoms with Crippen molar-refractivity contribution in [1.29, 1.82) is 0 Å². The molecule has 3 rings (SSSR count). The minimum atomic E-state index is 0. The van der Waals surface area contributed by atoms with Crippen molar-refractivity contribution in [2.24, 2.45) is 10.4 Å². The lowest BCUT2D eigenvalue weighted by Gasteiger charge is -2.41. The van der Waals surface area contributed by atoms with Crippen LogP contribution >= 0.6 is 24.0 Å². The molecule has 1 saturated carbocycles. The highest BCUT2D eigenvalue weighted by Crippen LogP contribution is 2.42. The van der Waals surface area contributed by atoms with Gasteiger partial charge in [-0.05, 0) is 48.6 Å². The lowest BCUT2D eigenvalue weighted by molar-refractivity contribution is -0.0390. The van der Waals surface area contributed by atoms with Gasteiger partial charge in [-0.15, -0.1) is 24.0 Å². The SMILES string of the molecule is CCC1(CNC(=NC)NCc2cccc(COC3CCOCC3)c2)CCC1.I. The number of hydrogen-bond acceptors (Lipinski definition) is 3. The Bertz CT molecular complexity index is 608. The summed E-state index contributed by atoms with van der Waals surface area (Å²) < 4.78 is 11.4. The molecule has 0 radical (unpaired) electrons. The molecule has 1 aromatic carbocycles. The Morgan fingerprint density at radius 2 is 1.96 bits per heavy atom. The number of hydrogen-bond donors (Lipinski definition) is 2. The average molecular weight is 501 g/mol. The summed E-state index contributed by atoms with van der Waals surface area (Å²) in [5.74, 6) is 0.888. The zero-order valence-corrected chi connectivity index (χ0v) is 19.7. The van der Waals surface area contributed by atoms with E-state index >= 15 is 0 Å². The van der Waals surface area contributed by atoms with E-state index in [2.05, 4.69) is 46.8 Å². The highest BCUT2D eigenvalue weighted by atomic mass is 127. The highest BCUT2D eigenvalue weighted by Gasteiger charge is 2.34. The second-order valence-corrected chi connectivity index (χ2v) is 7.93. The summed E-state index contributed by atoms with van der Waals surface area (Å²) in [5, 5.41) is 6.96. The zero-order chi connectivity index (χ0) is 19.0. The van der Waals surface area contributed by atoms with E-state index < -0.39 is 0 Å². The van der Waals surface area contributed by atoms with Gasteiger partial charge in [0.15, 0.2) is 5.96 Å². The first kappa shape index (κ1) is 23.4. The van der Waals surface area contributed by atoms with Crippen LogP contribution in [0.15, 0.2) is 29.3 Å². The van der Waals surface area contributed by atoms with E-state index in [1.165, 1.54) is 36.8 Å². The zero-order valence-electron chi connectivity index (χ0n) is 17.3. The molecule has 1 aromatic rings. The van der Waals surface area contributed by atoms with Crippen LogP contribution in [0.1, 0.15) is 56.6 Å². The molecule has 2 aliphatic rings. The van der Waals surface area contributed by atoms with Crippen LogP contribution < -0.4 is 10.6 Å². The van der Waals surface area contributed by atoms with Crippen molar-refractivity contribution >= 4 is 29.9 Å². The summed E-state index contributed by atoms with van der Waals surface area (Å²) in [6.45, 7) is 6.39. The Labute approximate surface area is 187 Å². The first-order chi connectivity index (χ1) is 13.2. The monoisotopic (exact) mass is 501 g/mol. The predicted molar refractivity (Wildman–Crippen MR) is 125 cm³/mol. The highest BCUT2D eigenvalue weighted by molar-refractivity contribution is 14.0. The molecule has 0 amide bonds. The summed E-state index contributed by atoms with van der Waals surface area (Å²) in [6, 6.07) is 8.62. The molecule has 158 valence electrons. The maximum Gasteiger partial charge on any atom is 0.191 e. The Hall–Kier alpha value is -0.860. The summed E-state index contributed by atoms with van der Waals surface area (Å²) in [4.78, 5) is 4.38.